The average molecular weight is 361 g/mol. The summed E-state index contributed by atoms with van der Waals surface area (Å²) in [6.07, 6.45) is 5.52. The van der Waals surface area contributed by atoms with Crippen LogP contribution in [0, 0.1) is 0 Å². The van der Waals surface area contributed by atoms with Gasteiger partial charge in [-0.2, -0.15) is 0 Å². The van der Waals surface area contributed by atoms with Crippen LogP contribution in [0.3, 0.4) is 0 Å². The second-order valence-electron chi connectivity index (χ2n) is 7.55. The molecular formula is C21H23N5O. The van der Waals surface area contributed by atoms with Crippen molar-refractivity contribution in [2.45, 2.75) is 32.0 Å². The molecule has 1 amide bonds. The Labute approximate surface area is 158 Å². The number of carbonyl (C=O) groups is 1. The van der Waals surface area contributed by atoms with E-state index in [1.807, 2.05) is 29.6 Å². The van der Waals surface area contributed by atoms with Gasteiger partial charge in [0.15, 0.2) is 0 Å². The van der Waals surface area contributed by atoms with Crippen molar-refractivity contribution >= 4 is 16.8 Å². The fraction of sp³-hybridized carbons (Fsp3) is 0.381. The van der Waals surface area contributed by atoms with Gasteiger partial charge in [-0.15, -0.1) is 0 Å². The second kappa shape index (κ2) is 6.78. The van der Waals surface area contributed by atoms with Crippen molar-refractivity contribution in [1.82, 2.24) is 24.3 Å². The molecule has 3 aromatic rings. The van der Waals surface area contributed by atoms with Crippen LogP contribution in [0.1, 0.15) is 30.3 Å². The van der Waals surface area contributed by atoms with Crippen LogP contribution < -0.4 is 0 Å². The average Bonchev–Trinajstić information content (AvgIpc) is 3.31. The van der Waals surface area contributed by atoms with Gasteiger partial charge in [-0.25, -0.2) is 4.98 Å². The summed E-state index contributed by atoms with van der Waals surface area (Å²) in [6, 6.07) is 12.7. The summed E-state index contributed by atoms with van der Waals surface area (Å²) in [6.45, 7) is 4.22. The van der Waals surface area contributed by atoms with Crippen molar-refractivity contribution in [3.8, 4) is 0 Å². The van der Waals surface area contributed by atoms with Gasteiger partial charge >= 0.3 is 0 Å². The first-order chi connectivity index (χ1) is 13.3. The third-order valence-electron chi connectivity index (χ3n) is 5.64. The lowest BCUT2D eigenvalue weighted by atomic mass is 10.1. The highest BCUT2D eigenvalue weighted by atomic mass is 16.2. The minimum atomic E-state index is 0.249. The molecule has 1 unspecified atom stereocenters. The summed E-state index contributed by atoms with van der Waals surface area (Å²) in [5.41, 5.74) is 3.33. The van der Waals surface area contributed by atoms with Crippen LogP contribution in [-0.2, 0) is 17.9 Å². The lowest BCUT2D eigenvalue weighted by Gasteiger charge is -2.36. The first-order valence-corrected chi connectivity index (χ1v) is 9.62. The van der Waals surface area contributed by atoms with E-state index in [1.54, 1.807) is 0 Å². The molecule has 1 fully saturated rings. The van der Waals surface area contributed by atoms with Crippen LogP contribution in [-0.4, -0.2) is 49.9 Å². The third-order valence-corrected chi connectivity index (χ3v) is 5.64. The lowest BCUT2D eigenvalue weighted by molar-refractivity contribution is -0.128. The molecule has 0 spiro atoms. The molecule has 138 valence electrons. The number of aromatic nitrogens is 3. The monoisotopic (exact) mass is 361 g/mol. The Morgan fingerprint density at radius 2 is 2.07 bits per heavy atom. The Kier molecular flexibility index (Phi) is 4.13. The lowest BCUT2D eigenvalue weighted by Crippen LogP contribution is -2.42. The maximum absolute atomic E-state index is 12.1. The first kappa shape index (κ1) is 16.4. The van der Waals surface area contributed by atoms with Crippen LogP contribution in [0.15, 0.2) is 48.9 Å². The van der Waals surface area contributed by atoms with E-state index in [2.05, 4.69) is 38.7 Å². The van der Waals surface area contributed by atoms with Gasteiger partial charge in [-0.3, -0.25) is 14.7 Å². The van der Waals surface area contributed by atoms with Gasteiger partial charge < -0.3 is 9.47 Å². The molecule has 6 nitrogen and oxygen atoms in total. The van der Waals surface area contributed by atoms with E-state index in [1.165, 1.54) is 11.1 Å². The molecule has 2 aliphatic rings. The van der Waals surface area contributed by atoms with E-state index in [0.717, 1.165) is 50.4 Å². The fourth-order valence-electron chi connectivity index (χ4n) is 4.31. The molecule has 2 aromatic heterocycles. The number of hydrogen-bond donors (Lipinski definition) is 0. The van der Waals surface area contributed by atoms with Crippen LogP contribution in [0.5, 0.6) is 0 Å². The smallest absolute Gasteiger partial charge is 0.222 e. The summed E-state index contributed by atoms with van der Waals surface area (Å²) in [4.78, 5) is 25.7. The van der Waals surface area contributed by atoms with Gasteiger partial charge in [0.1, 0.15) is 0 Å². The first-order valence-electron chi connectivity index (χ1n) is 9.62. The number of benzene rings is 1. The van der Waals surface area contributed by atoms with Crippen molar-refractivity contribution in [3.63, 3.8) is 0 Å². The van der Waals surface area contributed by atoms with Gasteiger partial charge in [0, 0.05) is 50.7 Å². The highest BCUT2D eigenvalue weighted by molar-refractivity contribution is 5.78. The maximum Gasteiger partial charge on any atom is 0.222 e. The van der Waals surface area contributed by atoms with E-state index in [0.29, 0.717) is 6.42 Å². The summed E-state index contributed by atoms with van der Waals surface area (Å²) in [7, 11) is 0. The molecule has 1 saturated heterocycles. The van der Waals surface area contributed by atoms with Gasteiger partial charge in [0.2, 0.25) is 5.91 Å². The molecule has 1 aromatic carbocycles. The van der Waals surface area contributed by atoms with Crippen LogP contribution >= 0.6 is 0 Å². The predicted octanol–water partition coefficient (Wildman–Crippen LogP) is 2.61. The highest BCUT2D eigenvalue weighted by Crippen LogP contribution is 2.25. The third kappa shape index (κ3) is 3.21. The number of amides is 1. The topological polar surface area (TPSA) is 54.3 Å². The van der Waals surface area contributed by atoms with Crippen molar-refractivity contribution in [2.75, 3.05) is 19.6 Å². The highest BCUT2D eigenvalue weighted by Gasteiger charge is 2.30. The Bertz CT molecular complexity index is 981. The molecule has 0 N–H and O–H groups in total. The number of nitrogens with zero attached hydrogens (tertiary/aromatic N) is 5. The van der Waals surface area contributed by atoms with E-state index in [9.17, 15) is 4.79 Å². The van der Waals surface area contributed by atoms with Gasteiger partial charge in [0.25, 0.3) is 0 Å². The predicted molar refractivity (Wildman–Crippen MR) is 103 cm³/mol. The molecule has 0 aliphatic carbocycles. The summed E-state index contributed by atoms with van der Waals surface area (Å²) in [5.74, 6) is 0.282. The number of rotatable bonds is 4. The Balaban J connectivity index is 1.36. The summed E-state index contributed by atoms with van der Waals surface area (Å²) >= 11 is 0. The molecule has 0 bridgehead atoms. The van der Waals surface area contributed by atoms with E-state index in [4.69, 9.17) is 4.98 Å². The van der Waals surface area contributed by atoms with Crippen LogP contribution in [0.4, 0.5) is 0 Å². The fourth-order valence-corrected chi connectivity index (χ4v) is 4.31. The quantitative estimate of drug-likeness (QED) is 0.717. The van der Waals surface area contributed by atoms with Crippen molar-refractivity contribution in [1.29, 1.82) is 0 Å². The van der Waals surface area contributed by atoms with E-state index in [-0.39, 0.29) is 11.9 Å². The number of fused-ring (bicyclic) bond motifs is 2. The number of hydrogen-bond acceptors (Lipinski definition) is 4. The largest absolute Gasteiger partial charge is 0.341 e. The second-order valence-corrected chi connectivity index (χ2v) is 7.55. The molecule has 1 atom stereocenters. The SMILES string of the molecule is O=C1CCCN1CC1CN(Cc2ccc3ccccc3n2)Cc2cncn21. The molecule has 6 heteroatoms. The standard InChI is InChI=1S/C21H23N5O/c27-21-6-3-9-25(21)14-19-13-24(12-18-10-22-15-26(18)19)11-17-8-7-16-4-1-2-5-20(16)23-17/h1-2,4-5,7-8,10,15,19H,3,6,9,11-14H2. The van der Waals surface area contributed by atoms with E-state index >= 15 is 0 Å². The minimum Gasteiger partial charge on any atom is -0.341 e. The number of pyridine rings is 1. The zero-order valence-corrected chi connectivity index (χ0v) is 15.3. The Hall–Kier alpha value is -2.73. The van der Waals surface area contributed by atoms with Crippen molar-refractivity contribution in [3.05, 3.63) is 60.3 Å². The molecule has 5 rings (SSSR count). The molecule has 2 aliphatic heterocycles. The number of para-hydroxylation sites is 1. The number of likely N-dealkylation sites (tertiary alicyclic amines) is 1. The molecule has 0 saturated carbocycles. The Morgan fingerprint density at radius 3 is 2.96 bits per heavy atom. The zero-order valence-electron chi connectivity index (χ0n) is 15.3. The normalized spacial score (nSPS) is 20.4. The number of carbonyl (C=O) groups excluding carboxylic acids is 1. The molecule has 27 heavy (non-hydrogen) atoms. The van der Waals surface area contributed by atoms with E-state index < -0.39 is 0 Å². The van der Waals surface area contributed by atoms with Crippen LogP contribution in [0.25, 0.3) is 10.9 Å². The zero-order chi connectivity index (χ0) is 18.2. The minimum absolute atomic E-state index is 0.249. The van der Waals surface area contributed by atoms with Gasteiger partial charge in [-0.05, 0) is 18.6 Å². The van der Waals surface area contributed by atoms with Crippen LogP contribution in [0.2, 0.25) is 0 Å². The van der Waals surface area contributed by atoms with Crippen molar-refractivity contribution < 1.29 is 4.79 Å². The summed E-state index contributed by atoms with van der Waals surface area (Å²) in [5, 5.41) is 1.17. The van der Waals surface area contributed by atoms with Crippen molar-refractivity contribution in [2.24, 2.45) is 0 Å². The maximum atomic E-state index is 12.1. The van der Waals surface area contributed by atoms with Gasteiger partial charge in [0.05, 0.1) is 29.3 Å². The molecular weight excluding hydrogens is 338 g/mol. The van der Waals surface area contributed by atoms with Gasteiger partial charge in [-0.1, -0.05) is 24.3 Å². The molecule has 0 radical (unpaired) electrons. The number of imidazole rings is 1. The summed E-state index contributed by atoms with van der Waals surface area (Å²) < 4.78 is 2.25. The Morgan fingerprint density at radius 1 is 1.15 bits per heavy atom. The molecule has 4 heterocycles.